The third-order valence-electron chi connectivity index (χ3n) is 6.40. The van der Waals surface area contributed by atoms with Gasteiger partial charge in [0.2, 0.25) is 10.0 Å². The first kappa shape index (κ1) is 33.1. The fourth-order valence-corrected chi connectivity index (χ4v) is 5.54. The lowest BCUT2D eigenvalue weighted by atomic mass is 10.1. The second-order valence-corrected chi connectivity index (χ2v) is 11.4. The largest absolute Gasteiger partial charge is 0.490 e. The summed E-state index contributed by atoms with van der Waals surface area (Å²) < 4.78 is 116. The van der Waals surface area contributed by atoms with Crippen LogP contribution in [0.3, 0.4) is 0 Å². The number of carboxylic acid groups (broad SMARTS) is 1. The summed E-state index contributed by atoms with van der Waals surface area (Å²) in [5, 5.41) is 9.77. The van der Waals surface area contributed by atoms with Crippen molar-refractivity contribution in [2.45, 2.75) is 50.9 Å². The molecule has 42 heavy (non-hydrogen) atoms. The molecule has 0 aliphatic carbocycles. The maximum atomic E-state index is 13.9. The molecular formula is C24H28F7N5O5S. The highest BCUT2D eigenvalue weighted by Crippen LogP contribution is 2.34. The Bertz CT molecular complexity index is 1370. The molecule has 3 heterocycles. The van der Waals surface area contributed by atoms with Crippen molar-refractivity contribution in [3.05, 3.63) is 41.2 Å². The lowest BCUT2D eigenvalue weighted by Gasteiger charge is -2.36. The summed E-state index contributed by atoms with van der Waals surface area (Å²) in [6.45, 7) is 2.23. The van der Waals surface area contributed by atoms with Crippen LogP contribution >= 0.6 is 0 Å². The number of ether oxygens (including phenoxy) is 1. The molecule has 1 aromatic heterocycles. The maximum absolute atomic E-state index is 13.9. The fourth-order valence-electron chi connectivity index (χ4n) is 4.44. The zero-order valence-electron chi connectivity index (χ0n) is 22.3. The Labute approximate surface area is 236 Å². The first-order valence-electron chi connectivity index (χ1n) is 12.5. The molecule has 1 atom stereocenters. The Hall–Kier alpha value is -3.41. The van der Waals surface area contributed by atoms with Gasteiger partial charge in [0.05, 0.1) is 30.2 Å². The van der Waals surface area contributed by atoms with Gasteiger partial charge in [0.1, 0.15) is 11.9 Å². The molecule has 2 aliphatic rings. The molecule has 0 bridgehead atoms. The number of rotatable bonds is 7. The molecule has 0 radical (unpaired) electrons. The number of carbonyl (C=O) groups is 1. The van der Waals surface area contributed by atoms with Crippen LogP contribution in [0.2, 0.25) is 0 Å². The number of anilines is 2. The van der Waals surface area contributed by atoms with E-state index in [0.29, 0.717) is 49.6 Å². The van der Waals surface area contributed by atoms with Crippen LogP contribution in [0.4, 0.5) is 42.4 Å². The average molecular weight is 632 g/mol. The summed E-state index contributed by atoms with van der Waals surface area (Å²) in [5.41, 5.74) is 1.06. The van der Waals surface area contributed by atoms with E-state index in [1.165, 1.54) is 10.4 Å². The van der Waals surface area contributed by atoms with Gasteiger partial charge in [0.25, 0.3) is 6.43 Å². The number of aliphatic carboxylic acids is 1. The van der Waals surface area contributed by atoms with Gasteiger partial charge in [-0.3, -0.25) is 0 Å². The standard InChI is InChI=1S/C22H27F4N5O3S.C2HF3O2/c1-13-20-17(7-10-31(13)35(2,32)33)28-22(21(29-20)27-12-19(25)26)30-8-5-15(6-9-30)34-18-4-3-14(23)11-16(18)24;3-2(4,5)1(6)7/h3-4,11,13,15,19H,5-10,12H2,1-2H3,(H,27,29);(H,6,7). The van der Waals surface area contributed by atoms with Gasteiger partial charge in [-0.25, -0.2) is 40.7 Å². The van der Waals surface area contributed by atoms with E-state index in [9.17, 15) is 39.2 Å². The first-order valence-corrected chi connectivity index (χ1v) is 14.4. The molecule has 1 saturated heterocycles. The normalized spacial score (nSPS) is 18.2. The van der Waals surface area contributed by atoms with Gasteiger partial charge in [0, 0.05) is 45.0 Å². The van der Waals surface area contributed by atoms with Crippen LogP contribution in [-0.2, 0) is 21.2 Å². The smallest absolute Gasteiger partial charge is 0.487 e. The van der Waals surface area contributed by atoms with Crippen molar-refractivity contribution in [3.8, 4) is 5.75 Å². The number of alkyl halides is 5. The highest BCUT2D eigenvalue weighted by Gasteiger charge is 2.38. The molecular weight excluding hydrogens is 603 g/mol. The van der Waals surface area contributed by atoms with Crippen LogP contribution in [-0.4, -0.2) is 84.9 Å². The molecule has 1 fully saturated rings. The summed E-state index contributed by atoms with van der Waals surface area (Å²) in [6.07, 6.45) is -5.53. The summed E-state index contributed by atoms with van der Waals surface area (Å²) in [5.74, 6) is -3.67. The van der Waals surface area contributed by atoms with Gasteiger partial charge >= 0.3 is 12.1 Å². The average Bonchev–Trinajstić information content (AvgIpc) is 2.88. The van der Waals surface area contributed by atoms with Gasteiger partial charge < -0.3 is 20.1 Å². The van der Waals surface area contributed by atoms with E-state index in [-0.39, 0.29) is 24.2 Å². The third kappa shape index (κ3) is 8.56. The minimum absolute atomic E-state index is 0.0258. The van der Waals surface area contributed by atoms with E-state index >= 15 is 0 Å². The van der Waals surface area contributed by atoms with Crippen molar-refractivity contribution < 1.29 is 53.8 Å². The monoisotopic (exact) mass is 631 g/mol. The number of aromatic nitrogens is 2. The van der Waals surface area contributed by atoms with Crippen molar-refractivity contribution >= 4 is 27.6 Å². The van der Waals surface area contributed by atoms with E-state index in [0.717, 1.165) is 18.4 Å². The maximum Gasteiger partial charge on any atom is 0.490 e. The molecule has 18 heteroatoms. The number of carboxylic acids is 1. The number of fused-ring (bicyclic) bond motifs is 1. The lowest BCUT2D eigenvalue weighted by Crippen LogP contribution is -2.41. The van der Waals surface area contributed by atoms with Crippen molar-refractivity contribution in [1.82, 2.24) is 14.3 Å². The highest BCUT2D eigenvalue weighted by molar-refractivity contribution is 7.88. The number of benzene rings is 1. The molecule has 0 spiro atoms. The zero-order chi connectivity index (χ0) is 31.4. The molecule has 0 amide bonds. The molecule has 4 rings (SSSR count). The van der Waals surface area contributed by atoms with Crippen molar-refractivity contribution in [2.75, 3.05) is 42.7 Å². The van der Waals surface area contributed by atoms with Gasteiger partial charge in [0.15, 0.2) is 23.2 Å². The van der Waals surface area contributed by atoms with Crippen LogP contribution in [0.1, 0.15) is 37.2 Å². The number of piperidine rings is 1. The quantitative estimate of drug-likeness (QED) is 0.437. The molecule has 1 aromatic carbocycles. The Morgan fingerprint density at radius 2 is 1.79 bits per heavy atom. The molecule has 1 unspecified atom stereocenters. The van der Waals surface area contributed by atoms with Crippen LogP contribution in [0, 0.1) is 11.6 Å². The van der Waals surface area contributed by atoms with Gasteiger partial charge in [-0.1, -0.05) is 0 Å². The van der Waals surface area contributed by atoms with E-state index < -0.39 is 52.8 Å². The number of nitrogens with zero attached hydrogens (tertiary/aromatic N) is 4. The Morgan fingerprint density at radius 3 is 2.31 bits per heavy atom. The van der Waals surface area contributed by atoms with Crippen molar-refractivity contribution in [2.24, 2.45) is 0 Å². The van der Waals surface area contributed by atoms with E-state index in [2.05, 4.69) is 10.3 Å². The number of hydrogen-bond acceptors (Lipinski definition) is 8. The second-order valence-electron chi connectivity index (χ2n) is 9.48. The number of sulfonamides is 1. The topological polar surface area (TPSA) is 125 Å². The predicted octanol–water partition coefficient (Wildman–Crippen LogP) is 3.99. The number of nitrogens with one attached hydrogen (secondary N) is 1. The second kappa shape index (κ2) is 13.3. The summed E-state index contributed by atoms with van der Waals surface area (Å²) >= 11 is 0. The lowest BCUT2D eigenvalue weighted by molar-refractivity contribution is -0.192. The molecule has 2 N–H and O–H groups in total. The molecule has 2 aromatic rings. The first-order chi connectivity index (χ1) is 19.5. The summed E-state index contributed by atoms with van der Waals surface area (Å²) in [7, 11) is -3.47. The van der Waals surface area contributed by atoms with Crippen LogP contribution < -0.4 is 15.0 Å². The number of halogens is 7. The summed E-state index contributed by atoms with van der Waals surface area (Å²) in [4.78, 5) is 20.0. The number of hydrogen-bond donors (Lipinski definition) is 2. The van der Waals surface area contributed by atoms with Crippen LogP contribution in [0.5, 0.6) is 5.75 Å². The zero-order valence-corrected chi connectivity index (χ0v) is 23.2. The van der Waals surface area contributed by atoms with Gasteiger partial charge in [-0.2, -0.15) is 17.5 Å². The minimum atomic E-state index is -5.08. The SMILES string of the molecule is CC1c2nc(NCC(F)F)c(N3CCC(Oc4ccc(F)cc4F)CC3)nc2CCN1S(C)(=O)=O.O=C(O)C(F)(F)F. The Kier molecular flexibility index (Phi) is 10.5. The summed E-state index contributed by atoms with van der Waals surface area (Å²) in [6, 6.07) is 2.56. The fraction of sp³-hybridized carbons (Fsp3) is 0.542. The minimum Gasteiger partial charge on any atom is -0.487 e. The van der Waals surface area contributed by atoms with Crippen LogP contribution in [0.25, 0.3) is 0 Å². The van der Waals surface area contributed by atoms with Gasteiger partial charge in [-0.15, -0.1) is 0 Å². The molecule has 234 valence electrons. The van der Waals surface area contributed by atoms with E-state index in [1.54, 1.807) is 6.92 Å². The highest BCUT2D eigenvalue weighted by atomic mass is 32.2. The Balaban J connectivity index is 0.000000616. The van der Waals surface area contributed by atoms with Crippen molar-refractivity contribution in [1.29, 1.82) is 0 Å². The molecule has 10 nitrogen and oxygen atoms in total. The van der Waals surface area contributed by atoms with Crippen molar-refractivity contribution in [3.63, 3.8) is 0 Å². The van der Waals surface area contributed by atoms with Gasteiger partial charge in [-0.05, 0) is 19.1 Å². The van der Waals surface area contributed by atoms with E-state index in [1.807, 2.05) is 4.90 Å². The Morgan fingerprint density at radius 1 is 1.17 bits per heavy atom. The van der Waals surface area contributed by atoms with E-state index in [4.69, 9.17) is 19.6 Å². The van der Waals surface area contributed by atoms with Crippen LogP contribution in [0.15, 0.2) is 18.2 Å². The third-order valence-corrected chi connectivity index (χ3v) is 7.75. The molecule has 2 aliphatic heterocycles. The predicted molar refractivity (Wildman–Crippen MR) is 136 cm³/mol. The molecule has 0 saturated carbocycles.